The molecule has 0 spiro atoms. The molecule has 0 aromatic heterocycles. The van der Waals surface area contributed by atoms with Gasteiger partial charge in [-0.2, -0.15) is 0 Å². The Kier molecular flexibility index (Phi) is 4.40. The van der Waals surface area contributed by atoms with Crippen LogP contribution in [0.2, 0.25) is 0 Å². The monoisotopic (exact) mass is 234 g/mol. The number of aromatic hydroxyl groups is 1. The van der Waals surface area contributed by atoms with Crippen LogP contribution in [0.15, 0.2) is 24.3 Å². The lowest BCUT2D eigenvalue weighted by molar-refractivity contribution is 0.163. The Bertz CT molecular complexity index is 352. The molecule has 3 heteroatoms. The second kappa shape index (κ2) is 6.03. The topological polar surface area (TPSA) is 49.5 Å². The molecule has 0 bridgehead atoms. The van der Waals surface area contributed by atoms with Gasteiger partial charge in [-0.25, -0.2) is 0 Å². The summed E-state index contributed by atoms with van der Waals surface area (Å²) in [5.41, 5.74) is 6.82. The second-order valence-corrected chi connectivity index (χ2v) is 4.99. The molecule has 3 nitrogen and oxygen atoms in total. The minimum absolute atomic E-state index is 0.359. The fourth-order valence-electron chi connectivity index (χ4n) is 2.68. The van der Waals surface area contributed by atoms with Gasteiger partial charge in [-0.3, -0.25) is 4.90 Å². The number of phenols is 1. The molecule has 1 aliphatic rings. The van der Waals surface area contributed by atoms with E-state index in [1.807, 2.05) is 12.1 Å². The van der Waals surface area contributed by atoms with Crippen LogP contribution in [-0.4, -0.2) is 29.6 Å². The van der Waals surface area contributed by atoms with Gasteiger partial charge in [-0.05, 0) is 56.0 Å². The highest BCUT2D eigenvalue weighted by Crippen LogP contribution is 2.21. The predicted molar refractivity (Wildman–Crippen MR) is 69.8 cm³/mol. The van der Waals surface area contributed by atoms with E-state index in [4.69, 9.17) is 5.73 Å². The van der Waals surface area contributed by atoms with Crippen molar-refractivity contribution < 1.29 is 5.11 Å². The van der Waals surface area contributed by atoms with Crippen LogP contribution in [-0.2, 0) is 6.54 Å². The minimum Gasteiger partial charge on any atom is -0.508 e. The smallest absolute Gasteiger partial charge is 0.115 e. The lowest BCUT2D eigenvalue weighted by Crippen LogP contribution is -2.35. The lowest BCUT2D eigenvalue weighted by Gasteiger charge is -2.32. The Hall–Kier alpha value is -1.06. The molecule has 1 heterocycles. The van der Waals surface area contributed by atoms with Gasteiger partial charge in [-0.15, -0.1) is 0 Å². The molecule has 1 atom stereocenters. The van der Waals surface area contributed by atoms with Gasteiger partial charge < -0.3 is 10.8 Å². The van der Waals surface area contributed by atoms with Crippen molar-refractivity contribution in [3.05, 3.63) is 29.8 Å². The molecule has 0 aliphatic carbocycles. The Morgan fingerprint density at radius 3 is 3.06 bits per heavy atom. The molecule has 1 fully saturated rings. The summed E-state index contributed by atoms with van der Waals surface area (Å²) in [6.45, 7) is 4.05. The molecule has 1 aromatic rings. The standard InChI is InChI=1S/C14H22N2O/c15-7-6-12-4-2-8-16(10-12)11-13-3-1-5-14(17)9-13/h1,3,5,9,12,17H,2,4,6-8,10-11,15H2. The van der Waals surface area contributed by atoms with Crippen molar-refractivity contribution in [2.45, 2.75) is 25.8 Å². The van der Waals surface area contributed by atoms with Crippen molar-refractivity contribution in [3.63, 3.8) is 0 Å². The van der Waals surface area contributed by atoms with Gasteiger partial charge in [0.05, 0.1) is 0 Å². The molecule has 2 rings (SSSR count). The van der Waals surface area contributed by atoms with Crippen LogP contribution in [0.4, 0.5) is 0 Å². The van der Waals surface area contributed by atoms with Crippen LogP contribution in [0.3, 0.4) is 0 Å². The summed E-state index contributed by atoms with van der Waals surface area (Å²) in [6.07, 6.45) is 3.72. The van der Waals surface area contributed by atoms with Crippen molar-refractivity contribution in [3.8, 4) is 5.75 Å². The first kappa shape index (κ1) is 12.4. The van der Waals surface area contributed by atoms with Crippen molar-refractivity contribution in [1.82, 2.24) is 4.90 Å². The molecule has 0 saturated carbocycles. The van der Waals surface area contributed by atoms with E-state index in [0.29, 0.717) is 5.75 Å². The van der Waals surface area contributed by atoms with E-state index in [2.05, 4.69) is 11.0 Å². The van der Waals surface area contributed by atoms with Crippen molar-refractivity contribution in [1.29, 1.82) is 0 Å². The fourth-order valence-corrected chi connectivity index (χ4v) is 2.68. The quantitative estimate of drug-likeness (QED) is 0.837. The number of hydrogen-bond donors (Lipinski definition) is 2. The Balaban J connectivity index is 1.90. The number of rotatable bonds is 4. The average Bonchev–Trinajstić information content (AvgIpc) is 2.30. The maximum absolute atomic E-state index is 9.44. The third-order valence-electron chi connectivity index (χ3n) is 3.49. The Morgan fingerprint density at radius 2 is 2.29 bits per heavy atom. The number of nitrogens with zero attached hydrogens (tertiary/aromatic N) is 1. The van der Waals surface area contributed by atoms with E-state index in [1.165, 1.54) is 18.4 Å². The highest BCUT2D eigenvalue weighted by atomic mass is 16.3. The van der Waals surface area contributed by atoms with Crippen molar-refractivity contribution in [2.75, 3.05) is 19.6 Å². The van der Waals surface area contributed by atoms with Gasteiger partial charge in [0.25, 0.3) is 0 Å². The maximum atomic E-state index is 9.44. The van der Waals surface area contributed by atoms with Gasteiger partial charge in [0.15, 0.2) is 0 Å². The first-order chi connectivity index (χ1) is 8.28. The molecule has 0 amide bonds. The highest BCUT2D eigenvalue weighted by molar-refractivity contribution is 5.27. The molecule has 3 N–H and O–H groups in total. The number of phenolic OH excluding ortho intramolecular Hbond substituents is 1. The van der Waals surface area contributed by atoms with Gasteiger partial charge >= 0.3 is 0 Å². The zero-order valence-corrected chi connectivity index (χ0v) is 10.3. The summed E-state index contributed by atoms with van der Waals surface area (Å²) >= 11 is 0. The van der Waals surface area contributed by atoms with Gasteiger partial charge in [0.2, 0.25) is 0 Å². The average molecular weight is 234 g/mol. The maximum Gasteiger partial charge on any atom is 0.115 e. The number of hydrogen-bond acceptors (Lipinski definition) is 3. The third kappa shape index (κ3) is 3.72. The molecule has 1 aliphatic heterocycles. The summed E-state index contributed by atoms with van der Waals surface area (Å²) in [4.78, 5) is 2.47. The van der Waals surface area contributed by atoms with E-state index >= 15 is 0 Å². The van der Waals surface area contributed by atoms with Crippen LogP contribution >= 0.6 is 0 Å². The molecule has 94 valence electrons. The number of likely N-dealkylation sites (tertiary alicyclic amines) is 1. The van der Waals surface area contributed by atoms with Crippen LogP contribution < -0.4 is 5.73 Å². The summed E-state index contributed by atoms with van der Waals surface area (Å²) < 4.78 is 0. The Morgan fingerprint density at radius 1 is 1.41 bits per heavy atom. The SMILES string of the molecule is NCCC1CCCN(Cc2cccc(O)c2)C1. The summed E-state index contributed by atoms with van der Waals surface area (Å²) in [5, 5.41) is 9.44. The van der Waals surface area contributed by atoms with Crippen LogP contribution in [0, 0.1) is 5.92 Å². The van der Waals surface area contributed by atoms with Gasteiger partial charge in [-0.1, -0.05) is 12.1 Å². The van der Waals surface area contributed by atoms with E-state index in [0.717, 1.165) is 38.5 Å². The molecule has 1 unspecified atom stereocenters. The molecule has 0 radical (unpaired) electrons. The molecular weight excluding hydrogens is 212 g/mol. The first-order valence-electron chi connectivity index (χ1n) is 6.48. The minimum atomic E-state index is 0.359. The number of benzene rings is 1. The summed E-state index contributed by atoms with van der Waals surface area (Å²) in [5.74, 6) is 1.11. The predicted octanol–water partition coefficient (Wildman–Crippen LogP) is 1.95. The largest absolute Gasteiger partial charge is 0.508 e. The van der Waals surface area contributed by atoms with E-state index in [-0.39, 0.29) is 0 Å². The van der Waals surface area contributed by atoms with Crippen molar-refractivity contribution >= 4 is 0 Å². The molecule has 1 saturated heterocycles. The normalized spacial score (nSPS) is 21.6. The van der Waals surface area contributed by atoms with E-state index in [9.17, 15) is 5.11 Å². The second-order valence-electron chi connectivity index (χ2n) is 4.99. The number of nitrogens with two attached hydrogens (primary N) is 1. The third-order valence-corrected chi connectivity index (χ3v) is 3.49. The van der Waals surface area contributed by atoms with Gasteiger partial charge in [0.1, 0.15) is 5.75 Å². The van der Waals surface area contributed by atoms with Crippen molar-refractivity contribution in [2.24, 2.45) is 11.7 Å². The molecular formula is C14H22N2O. The molecule has 17 heavy (non-hydrogen) atoms. The molecule has 1 aromatic carbocycles. The van der Waals surface area contributed by atoms with Crippen LogP contribution in [0.5, 0.6) is 5.75 Å². The van der Waals surface area contributed by atoms with E-state index in [1.54, 1.807) is 6.07 Å². The van der Waals surface area contributed by atoms with Crippen LogP contribution in [0.1, 0.15) is 24.8 Å². The summed E-state index contributed by atoms with van der Waals surface area (Å²) in [7, 11) is 0. The summed E-state index contributed by atoms with van der Waals surface area (Å²) in [6, 6.07) is 7.56. The van der Waals surface area contributed by atoms with Crippen LogP contribution in [0.25, 0.3) is 0 Å². The van der Waals surface area contributed by atoms with Gasteiger partial charge in [0, 0.05) is 13.1 Å². The fraction of sp³-hybridized carbons (Fsp3) is 0.571. The lowest BCUT2D eigenvalue weighted by atomic mass is 9.94. The zero-order valence-electron chi connectivity index (χ0n) is 10.3. The number of piperidine rings is 1. The first-order valence-corrected chi connectivity index (χ1v) is 6.48. The Labute approximate surface area is 103 Å². The zero-order chi connectivity index (χ0) is 12.1. The highest BCUT2D eigenvalue weighted by Gasteiger charge is 2.19. The van der Waals surface area contributed by atoms with E-state index < -0.39 is 0 Å².